The van der Waals surface area contributed by atoms with Crippen molar-refractivity contribution in [2.75, 3.05) is 43.7 Å². The van der Waals surface area contributed by atoms with Crippen molar-refractivity contribution in [3.8, 4) is 5.75 Å². The number of anilines is 3. The average molecular weight is 652 g/mol. The van der Waals surface area contributed by atoms with E-state index < -0.39 is 87.7 Å². The Labute approximate surface area is 268 Å². The molecule has 0 aliphatic heterocycles. The number of carbonyl (C=O) groups excluding carboxylic acids is 7. The number of amides is 3. The van der Waals surface area contributed by atoms with Crippen molar-refractivity contribution in [3.05, 3.63) is 46.8 Å². The minimum absolute atomic E-state index is 0.0305. The van der Waals surface area contributed by atoms with E-state index in [0.717, 1.165) is 19.1 Å². The Hall–Kier alpha value is -5.02. The number of urea groups is 1. The number of nitrogens with zero attached hydrogens (tertiary/aromatic N) is 2. The zero-order valence-electron chi connectivity index (χ0n) is 26.2. The van der Waals surface area contributed by atoms with Gasteiger partial charge in [0.05, 0.1) is 28.8 Å². The number of rotatable bonds is 6. The molecule has 0 radical (unpaired) electrons. The van der Waals surface area contributed by atoms with Crippen molar-refractivity contribution in [1.29, 1.82) is 0 Å². The molecular formula is C32H34FN5O9. The topological polar surface area (TPSA) is 217 Å². The van der Waals surface area contributed by atoms with Crippen LogP contribution in [0.3, 0.4) is 0 Å². The summed E-state index contributed by atoms with van der Waals surface area (Å²) in [5.74, 6) is -13.4. The number of ketones is 5. The summed E-state index contributed by atoms with van der Waals surface area (Å²) in [4.78, 5) is 94.9. The first kappa shape index (κ1) is 33.3. The van der Waals surface area contributed by atoms with Crippen LogP contribution in [0.25, 0.3) is 0 Å². The van der Waals surface area contributed by atoms with E-state index in [9.17, 15) is 48.2 Å². The molecule has 2 fully saturated rings. The fraction of sp³-hybridized carbons (Fsp3) is 0.406. The molecule has 3 amide bonds. The Kier molecular flexibility index (Phi) is 8.27. The molecule has 0 bridgehead atoms. The highest BCUT2D eigenvalue weighted by atomic mass is 19.1. The average Bonchev–Trinajstić information content (AvgIpc) is 2.96. The Bertz CT molecular complexity index is 1790. The molecule has 0 saturated heterocycles. The number of hydrogen-bond acceptors (Lipinski definition) is 11. The van der Waals surface area contributed by atoms with Crippen LogP contribution in [-0.2, 0) is 25.6 Å². The predicted molar refractivity (Wildman–Crippen MR) is 165 cm³/mol. The molecule has 14 nitrogen and oxygen atoms in total. The Morgan fingerprint density at radius 2 is 1.68 bits per heavy atom. The number of aromatic hydroxyl groups is 1. The van der Waals surface area contributed by atoms with Gasteiger partial charge in [-0.1, -0.05) is 0 Å². The van der Waals surface area contributed by atoms with Crippen LogP contribution < -0.4 is 21.3 Å². The van der Waals surface area contributed by atoms with Crippen LogP contribution in [0.5, 0.6) is 5.75 Å². The standard InChI is InChI=1S/C32H34FN5O9/c1-12(39)15-10-14(6-7-18(15)33)35-31(46)36-19-11-20(37(2)3)16-8-13-9-17-24(38(4)5)27(42)23(30(34)45)29(44)32(17,47)28(43)21(13)26(41)22(16)25(19)40/h6-7,10-11,13,17,21,23-24,40,47H,8-9H2,1-5H3,(H2,34,45)(H2,35,36,46). The lowest BCUT2D eigenvalue weighted by Gasteiger charge is -2.52. The number of phenolic OH excluding ortho intramolecular Hbond substituents is 1. The highest BCUT2D eigenvalue weighted by Crippen LogP contribution is 2.52. The van der Waals surface area contributed by atoms with E-state index in [1.165, 1.54) is 31.1 Å². The van der Waals surface area contributed by atoms with Gasteiger partial charge in [0.2, 0.25) is 5.91 Å². The fourth-order valence-corrected chi connectivity index (χ4v) is 7.30. The number of carbonyl (C=O) groups is 7. The summed E-state index contributed by atoms with van der Waals surface area (Å²) in [6, 6.07) is 2.64. The van der Waals surface area contributed by atoms with Crippen molar-refractivity contribution in [2.45, 2.75) is 31.4 Å². The predicted octanol–water partition coefficient (Wildman–Crippen LogP) is 0.919. The van der Waals surface area contributed by atoms with Gasteiger partial charge in [-0.05, 0) is 69.6 Å². The molecule has 5 rings (SSSR count). The number of primary amides is 1. The number of fused-ring (bicyclic) bond motifs is 3. The lowest BCUT2D eigenvalue weighted by molar-refractivity contribution is -0.181. The Morgan fingerprint density at radius 1 is 1.02 bits per heavy atom. The number of aliphatic hydroxyl groups is 1. The molecule has 0 spiro atoms. The second-order valence-electron chi connectivity index (χ2n) is 12.7. The number of nitrogens with one attached hydrogen (secondary N) is 2. The summed E-state index contributed by atoms with van der Waals surface area (Å²) in [6.07, 6.45) is -0.0807. The van der Waals surface area contributed by atoms with Crippen LogP contribution in [0.4, 0.5) is 26.2 Å². The molecule has 3 aliphatic carbocycles. The Balaban J connectivity index is 1.55. The van der Waals surface area contributed by atoms with Crippen molar-refractivity contribution < 1.29 is 48.2 Å². The first-order chi connectivity index (χ1) is 21.9. The smallest absolute Gasteiger partial charge is 0.323 e. The van der Waals surface area contributed by atoms with Gasteiger partial charge in [-0.15, -0.1) is 0 Å². The quantitative estimate of drug-likeness (QED) is 0.168. The van der Waals surface area contributed by atoms with Gasteiger partial charge in [0.1, 0.15) is 11.6 Å². The van der Waals surface area contributed by atoms with Crippen molar-refractivity contribution >= 4 is 57.9 Å². The highest BCUT2D eigenvalue weighted by molar-refractivity contribution is 6.32. The molecule has 2 saturated carbocycles. The maximum atomic E-state index is 14.2. The molecule has 3 aliphatic rings. The number of phenols is 1. The number of likely N-dealkylation sites (N-methyl/N-ethyl adjacent to an activating group) is 1. The number of nitrogens with two attached hydrogens (primary N) is 1. The van der Waals surface area contributed by atoms with Crippen LogP contribution >= 0.6 is 0 Å². The van der Waals surface area contributed by atoms with E-state index in [2.05, 4.69) is 10.6 Å². The zero-order valence-corrected chi connectivity index (χ0v) is 26.2. The van der Waals surface area contributed by atoms with Gasteiger partial charge < -0.3 is 31.5 Å². The number of hydrogen-bond donors (Lipinski definition) is 5. The molecule has 2 aromatic rings. The van der Waals surface area contributed by atoms with E-state index in [1.807, 2.05) is 0 Å². The summed E-state index contributed by atoms with van der Waals surface area (Å²) >= 11 is 0. The van der Waals surface area contributed by atoms with Crippen molar-refractivity contribution in [3.63, 3.8) is 0 Å². The monoisotopic (exact) mass is 651 g/mol. The van der Waals surface area contributed by atoms with Crippen LogP contribution in [0, 0.1) is 29.5 Å². The van der Waals surface area contributed by atoms with Crippen LogP contribution in [0.1, 0.15) is 39.6 Å². The third-order valence-electron chi connectivity index (χ3n) is 9.37. The zero-order chi connectivity index (χ0) is 34.9. The van der Waals surface area contributed by atoms with Gasteiger partial charge in [0.15, 0.2) is 40.4 Å². The summed E-state index contributed by atoms with van der Waals surface area (Å²) in [5, 5.41) is 28.0. The van der Waals surface area contributed by atoms with E-state index in [0.29, 0.717) is 11.3 Å². The van der Waals surface area contributed by atoms with Crippen LogP contribution in [0.2, 0.25) is 0 Å². The number of Topliss-reactive ketones (excluding diaryl/α,β-unsaturated/α-hetero) is 5. The van der Waals surface area contributed by atoms with Crippen LogP contribution in [0.15, 0.2) is 24.3 Å². The molecule has 47 heavy (non-hydrogen) atoms. The normalized spacial score (nSPS) is 26.7. The number of halogens is 1. The van der Waals surface area contributed by atoms with Crippen molar-refractivity contribution in [2.24, 2.45) is 29.4 Å². The second kappa shape index (κ2) is 11.7. The van der Waals surface area contributed by atoms with Crippen LogP contribution in [-0.4, -0.2) is 95.8 Å². The summed E-state index contributed by atoms with van der Waals surface area (Å²) < 4.78 is 14.0. The summed E-state index contributed by atoms with van der Waals surface area (Å²) in [5.41, 5.74) is 2.51. The third-order valence-corrected chi connectivity index (χ3v) is 9.37. The third kappa shape index (κ3) is 5.15. The largest absolute Gasteiger partial charge is 0.505 e. The fourth-order valence-electron chi connectivity index (χ4n) is 7.30. The second-order valence-corrected chi connectivity index (χ2v) is 12.7. The van der Waals surface area contributed by atoms with Gasteiger partial charge in [-0.3, -0.25) is 33.7 Å². The molecule has 248 valence electrons. The van der Waals surface area contributed by atoms with Gasteiger partial charge in [0, 0.05) is 31.4 Å². The molecule has 0 heterocycles. The molecular weight excluding hydrogens is 617 g/mol. The van der Waals surface area contributed by atoms with Gasteiger partial charge in [0.25, 0.3) is 0 Å². The minimum atomic E-state index is -2.87. The molecule has 6 atom stereocenters. The highest BCUT2D eigenvalue weighted by Gasteiger charge is 2.69. The van der Waals surface area contributed by atoms with Gasteiger partial charge in [-0.25, -0.2) is 9.18 Å². The van der Waals surface area contributed by atoms with E-state index in [4.69, 9.17) is 5.73 Å². The molecule has 15 heteroatoms. The SMILES string of the molecule is CC(=O)c1cc(NC(=O)Nc2cc(N(C)C)c3c(c2O)C(=O)C2C(=O)C4(O)C(=O)C(C(N)=O)C(=O)C(N(C)C)C4CC2C3)ccc1F. The molecule has 0 aromatic heterocycles. The minimum Gasteiger partial charge on any atom is -0.505 e. The van der Waals surface area contributed by atoms with E-state index in [-0.39, 0.29) is 35.3 Å². The maximum absolute atomic E-state index is 14.2. The Morgan fingerprint density at radius 3 is 2.26 bits per heavy atom. The lowest BCUT2D eigenvalue weighted by atomic mass is 9.52. The first-order valence-electron chi connectivity index (χ1n) is 14.7. The molecule has 6 unspecified atom stereocenters. The van der Waals surface area contributed by atoms with Gasteiger partial charge >= 0.3 is 6.03 Å². The van der Waals surface area contributed by atoms with Crippen molar-refractivity contribution in [1.82, 2.24) is 4.90 Å². The van der Waals surface area contributed by atoms with E-state index >= 15 is 0 Å². The lowest BCUT2D eigenvalue weighted by Crippen LogP contribution is -2.74. The first-order valence-corrected chi connectivity index (χ1v) is 14.7. The number of benzene rings is 2. The van der Waals surface area contributed by atoms with E-state index in [1.54, 1.807) is 19.0 Å². The van der Waals surface area contributed by atoms with Gasteiger partial charge in [-0.2, -0.15) is 0 Å². The summed E-state index contributed by atoms with van der Waals surface area (Å²) in [7, 11) is 6.31. The molecule has 6 N–H and O–H groups in total. The maximum Gasteiger partial charge on any atom is 0.323 e. The summed E-state index contributed by atoms with van der Waals surface area (Å²) in [6.45, 7) is 1.16. The molecule has 2 aromatic carbocycles.